The number of piperidine rings is 1. The van der Waals surface area contributed by atoms with Gasteiger partial charge in [0.05, 0.1) is 19.1 Å². The van der Waals surface area contributed by atoms with Crippen molar-refractivity contribution in [2.24, 2.45) is 11.7 Å². The van der Waals surface area contributed by atoms with Gasteiger partial charge in [0.15, 0.2) is 0 Å². The Morgan fingerprint density at radius 3 is 2.81 bits per heavy atom. The summed E-state index contributed by atoms with van der Waals surface area (Å²) in [5.74, 6) is -0.258. The predicted octanol–water partition coefficient (Wildman–Crippen LogP) is 0.701. The Labute approximate surface area is 154 Å². The number of hydrogen-bond acceptors (Lipinski definition) is 5. The summed E-state index contributed by atoms with van der Waals surface area (Å²) in [4.78, 5) is 25.8. The monoisotopic (exact) mass is 360 g/mol. The Kier molecular flexibility index (Phi) is 6.60. The molecule has 0 spiro atoms. The molecular weight excluding hydrogens is 332 g/mol. The Bertz CT molecular complexity index is 614. The summed E-state index contributed by atoms with van der Waals surface area (Å²) in [6.07, 6.45) is 2.29. The van der Waals surface area contributed by atoms with Crippen molar-refractivity contribution >= 4 is 17.5 Å². The Morgan fingerprint density at radius 1 is 1.31 bits per heavy atom. The molecule has 7 nitrogen and oxygen atoms in total. The molecule has 0 aromatic heterocycles. The standard InChI is InChI=1S/C19H28N4O3/c20-19(25)15-2-1-8-23(12-15)11-14-3-5-16(6-4-14)22-18(24)10-17-13-26-9-7-21-17/h3-6,15,17,21H,1-2,7-13H2,(H2,20,25)(H,22,24). The topological polar surface area (TPSA) is 96.7 Å². The highest BCUT2D eigenvalue weighted by Gasteiger charge is 2.23. The number of hydrogen-bond donors (Lipinski definition) is 3. The molecule has 2 fully saturated rings. The van der Waals surface area contributed by atoms with Crippen molar-refractivity contribution in [2.75, 3.05) is 38.2 Å². The number of amides is 2. The third kappa shape index (κ3) is 5.52. The first-order valence-corrected chi connectivity index (χ1v) is 9.32. The van der Waals surface area contributed by atoms with E-state index in [1.54, 1.807) is 0 Å². The molecule has 2 aliphatic heterocycles. The van der Waals surface area contributed by atoms with E-state index in [0.717, 1.165) is 50.3 Å². The number of morpholine rings is 1. The van der Waals surface area contributed by atoms with Crippen LogP contribution in [0.3, 0.4) is 0 Å². The van der Waals surface area contributed by atoms with Gasteiger partial charge < -0.3 is 21.1 Å². The van der Waals surface area contributed by atoms with Crippen LogP contribution >= 0.6 is 0 Å². The first-order chi connectivity index (χ1) is 12.6. The van der Waals surface area contributed by atoms with Crippen LogP contribution in [-0.2, 0) is 20.9 Å². The van der Waals surface area contributed by atoms with E-state index in [1.165, 1.54) is 0 Å². The van der Waals surface area contributed by atoms with Crippen molar-refractivity contribution in [3.05, 3.63) is 29.8 Å². The number of ether oxygens (including phenoxy) is 1. The summed E-state index contributed by atoms with van der Waals surface area (Å²) in [7, 11) is 0. The Balaban J connectivity index is 1.47. The smallest absolute Gasteiger partial charge is 0.226 e. The minimum absolute atomic E-state index is 0.0129. The first-order valence-electron chi connectivity index (χ1n) is 9.32. The van der Waals surface area contributed by atoms with E-state index in [0.29, 0.717) is 19.6 Å². The molecule has 0 saturated carbocycles. The van der Waals surface area contributed by atoms with E-state index in [1.807, 2.05) is 24.3 Å². The van der Waals surface area contributed by atoms with Crippen molar-refractivity contribution in [1.82, 2.24) is 10.2 Å². The first kappa shape index (κ1) is 18.8. The van der Waals surface area contributed by atoms with Crippen molar-refractivity contribution in [2.45, 2.75) is 31.8 Å². The molecule has 0 bridgehead atoms. The van der Waals surface area contributed by atoms with Crippen molar-refractivity contribution in [1.29, 1.82) is 0 Å². The third-order valence-corrected chi connectivity index (χ3v) is 4.98. The summed E-state index contributed by atoms with van der Waals surface area (Å²) < 4.78 is 5.37. The van der Waals surface area contributed by atoms with Gasteiger partial charge in [0.1, 0.15) is 0 Å². The van der Waals surface area contributed by atoms with Crippen LogP contribution < -0.4 is 16.4 Å². The zero-order chi connectivity index (χ0) is 18.4. The second kappa shape index (κ2) is 9.12. The minimum Gasteiger partial charge on any atom is -0.378 e. The molecule has 26 heavy (non-hydrogen) atoms. The van der Waals surface area contributed by atoms with E-state index >= 15 is 0 Å². The van der Waals surface area contributed by atoms with E-state index in [-0.39, 0.29) is 23.8 Å². The fourth-order valence-electron chi connectivity index (χ4n) is 3.57. The third-order valence-electron chi connectivity index (χ3n) is 4.98. The summed E-state index contributed by atoms with van der Waals surface area (Å²) in [5, 5.41) is 6.21. The van der Waals surface area contributed by atoms with Gasteiger partial charge in [-0.2, -0.15) is 0 Å². The van der Waals surface area contributed by atoms with Crippen LogP contribution in [0.25, 0.3) is 0 Å². The lowest BCUT2D eigenvalue weighted by molar-refractivity contribution is -0.123. The molecule has 1 aromatic carbocycles. The average Bonchev–Trinajstić information content (AvgIpc) is 2.64. The highest BCUT2D eigenvalue weighted by Crippen LogP contribution is 2.19. The zero-order valence-electron chi connectivity index (χ0n) is 15.1. The van der Waals surface area contributed by atoms with Gasteiger partial charge in [-0.25, -0.2) is 0 Å². The zero-order valence-corrected chi connectivity index (χ0v) is 15.1. The molecule has 2 heterocycles. The molecule has 2 atom stereocenters. The van der Waals surface area contributed by atoms with E-state index in [4.69, 9.17) is 10.5 Å². The number of nitrogens with two attached hydrogens (primary N) is 1. The minimum atomic E-state index is -0.203. The molecule has 2 amide bonds. The van der Waals surface area contributed by atoms with Gasteiger partial charge in [0.25, 0.3) is 0 Å². The number of benzene rings is 1. The van der Waals surface area contributed by atoms with Gasteiger partial charge in [-0.05, 0) is 37.1 Å². The number of rotatable bonds is 6. The molecule has 3 rings (SSSR count). The van der Waals surface area contributed by atoms with E-state index in [9.17, 15) is 9.59 Å². The van der Waals surface area contributed by atoms with Gasteiger partial charge in [-0.3, -0.25) is 14.5 Å². The van der Waals surface area contributed by atoms with Crippen molar-refractivity contribution in [3.63, 3.8) is 0 Å². The molecule has 2 unspecified atom stereocenters. The second-order valence-electron chi connectivity index (χ2n) is 7.15. The molecule has 2 aliphatic rings. The van der Waals surface area contributed by atoms with Crippen LogP contribution in [0.2, 0.25) is 0 Å². The highest BCUT2D eigenvalue weighted by molar-refractivity contribution is 5.91. The average molecular weight is 360 g/mol. The lowest BCUT2D eigenvalue weighted by Crippen LogP contribution is -2.43. The molecule has 2 saturated heterocycles. The number of carbonyl (C=O) groups is 2. The van der Waals surface area contributed by atoms with Gasteiger partial charge in [0.2, 0.25) is 11.8 Å². The molecule has 0 aliphatic carbocycles. The Morgan fingerprint density at radius 2 is 2.12 bits per heavy atom. The van der Waals surface area contributed by atoms with Gasteiger partial charge in [-0.15, -0.1) is 0 Å². The maximum Gasteiger partial charge on any atom is 0.226 e. The highest BCUT2D eigenvalue weighted by atomic mass is 16.5. The van der Waals surface area contributed by atoms with Crippen LogP contribution in [0.15, 0.2) is 24.3 Å². The molecular formula is C19H28N4O3. The number of carbonyl (C=O) groups excluding carboxylic acids is 2. The Hall–Kier alpha value is -1.96. The van der Waals surface area contributed by atoms with Crippen LogP contribution in [-0.4, -0.2) is 55.6 Å². The maximum atomic E-state index is 12.1. The van der Waals surface area contributed by atoms with Crippen LogP contribution in [0, 0.1) is 5.92 Å². The molecule has 1 aromatic rings. The van der Waals surface area contributed by atoms with Crippen molar-refractivity contribution < 1.29 is 14.3 Å². The summed E-state index contributed by atoms with van der Waals surface area (Å²) in [6.45, 7) is 4.58. The second-order valence-corrected chi connectivity index (χ2v) is 7.15. The van der Waals surface area contributed by atoms with E-state index in [2.05, 4.69) is 15.5 Å². The summed E-state index contributed by atoms with van der Waals surface area (Å²) in [5.41, 5.74) is 7.40. The quantitative estimate of drug-likeness (QED) is 0.694. The van der Waals surface area contributed by atoms with Crippen molar-refractivity contribution in [3.8, 4) is 0 Å². The number of nitrogens with zero attached hydrogens (tertiary/aromatic N) is 1. The lowest BCUT2D eigenvalue weighted by atomic mass is 9.97. The number of nitrogens with one attached hydrogen (secondary N) is 2. The normalized spacial score (nSPS) is 24.2. The van der Waals surface area contributed by atoms with Gasteiger partial charge >= 0.3 is 0 Å². The fraction of sp³-hybridized carbons (Fsp3) is 0.579. The SMILES string of the molecule is NC(=O)C1CCCN(Cc2ccc(NC(=O)CC3COCCN3)cc2)C1. The lowest BCUT2D eigenvalue weighted by Gasteiger charge is -2.31. The summed E-state index contributed by atoms with van der Waals surface area (Å²) >= 11 is 0. The largest absolute Gasteiger partial charge is 0.378 e. The summed E-state index contributed by atoms with van der Waals surface area (Å²) in [6, 6.07) is 7.97. The van der Waals surface area contributed by atoms with Gasteiger partial charge in [-0.1, -0.05) is 12.1 Å². The number of likely N-dealkylation sites (tertiary alicyclic amines) is 1. The fourth-order valence-corrected chi connectivity index (χ4v) is 3.57. The number of primary amides is 1. The van der Waals surface area contributed by atoms with Crippen LogP contribution in [0.4, 0.5) is 5.69 Å². The van der Waals surface area contributed by atoms with E-state index < -0.39 is 0 Å². The molecule has 0 radical (unpaired) electrons. The van der Waals surface area contributed by atoms with Crippen LogP contribution in [0.5, 0.6) is 0 Å². The predicted molar refractivity (Wildman–Crippen MR) is 99.5 cm³/mol. The molecule has 4 N–H and O–H groups in total. The van der Waals surface area contributed by atoms with Gasteiger partial charge in [0, 0.05) is 37.8 Å². The number of anilines is 1. The van der Waals surface area contributed by atoms with Crippen LogP contribution in [0.1, 0.15) is 24.8 Å². The molecule has 142 valence electrons. The maximum absolute atomic E-state index is 12.1. The molecule has 7 heteroatoms.